The molecule has 10 nitrogen and oxygen atoms in total. The number of nitrogens with one attached hydrogen (secondary N) is 2. The van der Waals surface area contributed by atoms with Gasteiger partial charge < -0.3 is 30.3 Å². The number of aromatic carboxylic acids is 2. The molecule has 0 aliphatic heterocycles. The third-order valence-corrected chi connectivity index (χ3v) is 6.93. The molecule has 0 fully saturated rings. The molecular weight excluding hydrogens is 588 g/mol. The first kappa shape index (κ1) is 31.0. The van der Waals surface area contributed by atoms with Crippen molar-refractivity contribution in [3.63, 3.8) is 0 Å². The van der Waals surface area contributed by atoms with Crippen LogP contribution in [0.15, 0.2) is 109 Å². The molecule has 0 saturated heterocycles. The van der Waals surface area contributed by atoms with E-state index >= 15 is 0 Å². The Balaban J connectivity index is 1.28. The van der Waals surface area contributed by atoms with Gasteiger partial charge in [-0.05, 0) is 84.3 Å². The minimum atomic E-state index is -1.52. The number of aryl methyl sites for hydroxylation is 1. The van der Waals surface area contributed by atoms with Crippen LogP contribution in [0.1, 0.15) is 47.0 Å². The summed E-state index contributed by atoms with van der Waals surface area (Å²) in [5.41, 5.74) is 1.52. The molecule has 0 bridgehead atoms. The predicted octanol–water partition coefficient (Wildman–Crippen LogP) is 7.25. The summed E-state index contributed by atoms with van der Waals surface area (Å²) in [4.78, 5) is 49.0. The maximum Gasteiger partial charge on any atom is 0.336 e. The monoisotopic (exact) mass is 616 g/mol. The highest BCUT2D eigenvalue weighted by Gasteiger charge is 2.25. The van der Waals surface area contributed by atoms with E-state index in [4.69, 9.17) is 9.47 Å². The molecule has 0 spiro atoms. The number of amides is 2. The molecule has 10 heteroatoms. The number of ether oxygens (including phenoxy) is 2. The zero-order valence-electron chi connectivity index (χ0n) is 24.7. The molecule has 4 N–H and O–H groups in total. The van der Waals surface area contributed by atoms with E-state index in [2.05, 4.69) is 10.6 Å². The minimum absolute atomic E-state index is 0.284. The fourth-order valence-corrected chi connectivity index (χ4v) is 4.68. The summed E-state index contributed by atoms with van der Waals surface area (Å²) >= 11 is 0. The summed E-state index contributed by atoms with van der Waals surface area (Å²) < 4.78 is 11.9. The van der Waals surface area contributed by atoms with Gasteiger partial charge in [-0.3, -0.25) is 9.59 Å². The second-order valence-electron chi connectivity index (χ2n) is 10.2. The van der Waals surface area contributed by atoms with Crippen molar-refractivity contribution in [3.05, 3.63) is 137 Å². The molecule has 5 aromatic carbocycles. The van der Waals surface area contributed by atoms with Gasteiger partial charge >= 0.3 is 11.9 Å². The Morgan fingerprint density at radius 1 is 0.543 bits per heavy atom. The van der Waals surface area contributed by atoms with E-state index in [1.54, 1.807) is 36.4 Å². The van der Waals surface area contributed by atoms with Crippen molar-refractivity contribution >= 4 is 29.4 Å². The molecule has 0 atom stereocenters. The fraction of sp³-hybridized carbons (Fsp3) is 0.0556. The molecule has 0 aliphatic rings. The van der Waals surface area contributed by atoms with Crippen LogP contribution in [0.5, 0.6) is 23.0 Å². The number of carbonyl (C=O) groups excluding carboxylic acids is 2. The van der Waals surface area contributed by atoms with E-state index in [0.717, 1.165) is 40.3 Å². The number of carboxylic acid groups (broad SMARTS) is 2. The number of rotatable bonds is 10. The Morgan fingerprint density at radius 2 is 1.02 bits per heavy atom. The smallest absolute Gasteiger partial charge is 0.336 e. The summed E-state index contributed by atoms with van der Waals surface area (Å²) in [7, 11) is 1.29. The van der Waals surface area contributed by atoms with Crippen molar-refractivity contribution in [2.24, 2.45) is 0 Å². The fourth-order valence-electron chi connectivity index (χ4n) is 4.68. The second-order valence-corrected chi connectivity index (χ2v) is 10.2. The molecule has 230 valence electrons. The standard InChI is InChI=1S/C36H28N2O8/c1-21-5-3-7-27(17-21)45-25-13-9-22(10-14-25)23-11-15-26(16-12-23)46-28-8-4-6-24(18-28)38-34(40)30-19-29(33(39)37-2)31(35(41)42)20-32(30)36(43)44/h3-20H,1-2H3,(H,37,39)(H,38,40)(H,41,42)(H,43,44). The minimum Gasteiger partial charge on any atom is -0.478 e. The van der Waals surface area contributed by atoms with Crippen LogP contribution < -0.4 is 20.1 Å². The first-order valence-corrected chi connectivity index (χ1v) is 14.0. The van der Waals surface area contributed by atoms with Gasteiger partial charge in [-0.1, -0.05) is 42.5 Å². The van der Waals surface area contributed by atoms with Gasteiger partial charge in [0.2, 0.25) is 0 Å². The van der Waals surface area contributed by atoms with E-state index < -0.39 is 34.9 Å². The lowest BCUT2D eigenvalue weighted by molar-refractivity contribution is 0.0689. The summed E-state index contributed by atoms with van der Waals surface area (Å²) in [6, 6.07) is 31.2. The number of benzene rings is 5. The molecule has 5 rings (SSSR count). The highest BCUT2D eigenvalue weighted by molar-refractivity contribution is 6.14. The lowest BCUT2D eigenvalue weighted by Gasteiger charge is -2.13. The largest absolute Gasteiger partial charge is 0.478 e. The zero-order chi connectivity index (χ0) is 32.8. The van der Waals surface area contributed by atoms with Crippen LogP contribution in [-0.2, 0) is 0 Å². The van der Waals surface area contributed by atoms with Gasteiger partial charge in [0, 0.05) is 18.8 Å². The molecule has 2 amide bonds. The molecule has 0 unspecified atom stereocenters. The normalized spacial score (nSPS) is 10.5. The van der Waals surface area contributed by atoms with Crippen molar-refractivity contribution in [2.75, 3.05) is 12.4 Å². The first-order valence-electron chi connectivity index (χ1n) is 14.0. The van der Waals surface area contributed by atoms with Crippen LogP contribution in [0.2, 0.25) is 0 Å². The van der Waals surface area contributed by atoms with E-state index in [1.165, 1.54) is 7.05 Å². The third-order valence-electron chi connectivity index (χ3n) is 6.93. The van der Waals surface area contributed by atoms with Gasteiger partial charge in [-0.2, -0.15) is 0 Å². The number of anilines is 1. The second kappa shape index (κ2) is 13.5. The average molecular weight is 617 g/mol. The van der Waals surface area contributed by atoms with Crippen molar-refractivity contribution in [1.29, 1.82) is 0 Å². The number of carbonyl (C=O) groups is 4. The summed E-state index contributed by atoms with van der Waals surface area (Å²) in [5, 5.41) is 24.0. The van der Waals surface area contributed by atoms with Crippen molar-refractivity contribution in [2.45, 2.75) is 6.92 Å². The molecule has 0 saturated carbocycles. The van der Waals surface area contributed by atoms with Crippen molar-refractivity contribution in [3.8, 4) is 34.1 Å². The number of hydrogen-bond acceptors (Lipinski definition) is 6. The Labute approximate surface area is 263 Å². The maximum atomic E-state index is 13.1. The van der Waals surface area contributed by atoms with E-state index in [1.807, 2.05) is 67.6 Å². The maximum absolute atomic E-state index is 13.1. The van der Waals surface area contributed by atoms with Crippen LogP contribution in [0.3, 0.4) is 0 Å². The Morgan fingerprint density at radius 3 is 1.52 bits per heavy atom. The molecule has 0 aromatic heterocycles. The van der Waals surface area contributed by atoms with Crippen molar-refractivity contribution < 1.29 is 38.9 Å². The zero-order valence-corrected chi connectivity index (χ0v) is 24.7. The van der Waals surface area contributed by atoms with Gasteiger partial charge in [0.15, 0.2) is 0 Å². The quantitative estimate of drug-likeness (QED) is 0.128. The Bertz CT molecular complexity index is 1950. The Kier molecular flexibility index (Phi) is 9.09. The van der Waals surface area contributed by atoms with Crippen LogP contribution in [-0.4, -0.2) is 41.0 Å². The van der Waals surface area contributed by atoms with E-state index in [-0.39, 0.29) is 16.8 Å². The van der Waals surface area contributed by atoms with Gasteiger partial charge in [0.25, 0.3) is 11.8 Å². The number of hydrogen-bond donors (Lipinski definition) is 4. The van der Waals surface area contributed by atoms with Crippen molar-refractivity contribution in [1.82, 2.24) is 5.32 Å². The molecule has 0 radical (unpaired) electrons. The molecule has 46 heavy (non-hydrogen) atoms. The predicted molar refractivity (Wildman–Crippen MR) is 171 cm³/mol. The lowest BCUT2D eigenvalue weighted by Crippen LogP contribution is -2.24. The van der Waals surface area contributed by atoms with E-state index in [0.29, 0.717) is 11.5 Å². The molecule has 0 heterocycles. The SMILES string of the molecule is CNC(=O)c1cc(C(=O)Nc2cccc(Oc3ccc(-c4ccc(Oc5cccc(C)c5)cc4)cc3)c2)c(C(=O)O)cc1C(=O)O. The molecular formula is C36H28N2O8. The highest BCUT2D eigenvalue weighted by Crippen LogP contribution is 2.30. The highest BCUT2D eigenvalue weighted by atomic mass is 16.5. The van der Waals surface area contributed by atoms with Gasteiger partial charge in [-0.25, -0.2) is 9.59 Å². The first-order chi connectivity index (χ1) is 22.1. The van der Waals surface area contributed by atoms with Gasteiger partial charge in [0.05, 0.1) is 22.3 Å². The lowest BCUT2D eigenvalue weighted by atomic mass is 9.97. The molecule has 0 aliphatic carbocycles. The molecule has 5 aromatic rings. The third kappa shape index (κ3) is 7.20. The van der Waals surface area contributed by atoms with Crippen LogP contribution >= 0.6 is 0 Å². The van der Waals surface area contributed by atoms with Gasteiger partial charge in [-0.15, -0.1) is 0 Å². The van der Waals surface area contributed by atoms with Gasteiger partial charge in [0.1, 0.15) is 23.0 Å². The summed E-state index contributed by atoms with van der Waals surface area (Å²) in [6.07, 6.45) is 0. The Hall–Kier alpha value is -6.42. The van der Waals surface area contributed by atoms with Crippen LogP contribution in [0.4, 0.5) is 5.69 Å². The average Bonchev–Trinajstić information content (AvgIpc) is 3.04. The van der Waals surface area contributed by atoms with Crippen LogP contribution in [0, 0.1) is 6.92 Å². The number of carboxylic acids is 2. The summed E-state index contributed by atoms with van der Waals surface area (Å²) in [5.74, 6) is -2.23. The summed E-state index contributed by atoms with van der Waals surface area (Å²) in [6.45, 7) is 2.01. The topological polar surface area (TPSA) is 151 Å². The van der Waals surface area contributed by atoms with Crippen LogP contribution in [0.25, 0.3) is 11.1 Å². The van der Waals surface area contributed by atoms with E-state index in [9.17, 15) is 29.4 Å².